The molecule has 106 valence electrons. The summed E-state index contributed by atoms with van der Waals surface area (Å²) < 4.78 is 0. The predicted octanol–water partition coefficient (Wildman–Crippen LogP) is 2.72. The molecule has 1 aromatic heterocycles. The second-order valence-electron chi connectivity index (χ2n) is 6.17. The molecular formula is C18H18N2O. The number of rotatable bonds is 3. The first-order valence-electron chi connectivity index (χ1n) is 7.56. The van der Waals surface area contributed by atoms with E-state index in [4.69, 9.17) is 0 Å². The van der Waals surface area contributed by atoms with E-state index in [0.29, 0.717) is 16.9 Å². The molecule has 3 nitrogen and oxygen atoms in total. The van der Waals surface area contributed by atoms with E-state index in [1.54, 1.807) is 24.5 Å². The van der Waals surface area contributed by atoms with Gasteiger partial charge in [-0.3, -0.25) is 9.78 Å². The number of amides is 1. The summed E-state index contributed by atoms with van der Waals surface area (Å²) in [4.78, 5) is 16.1. The topological polar surface area (TPSA) is 42.0 Å². The summed E-state index contributed by atoms with van der Waals surface area (Å²) in [7, 11) is 0. The van der Waals surface area contributed by atoms with Crippen LogP contribution >= 0.6 is 0 Å². The second-order valence-corrected chi connectivity index (χ2v) is 6.17. The van der Waals surface area contributed by atoms with Gasteiger partial charge in [-0.15, -0.1) is 0 Å². The molecule has 1 spiro atoms. The van der Waals surface area contributed by atoms with Gasteiger partial charge in [0.25, 0.3) is 5.91 Å². The minimum absolute atomic E-state index is 0.0172. The van der Waals surface area contributed by atoms with E-state index in [1.165, 1.54) is 30.4 Å². The highest BCUT2D eigenvalue weighted by Crippen LogP contribution is 2.61. The summed E-state index contributed by atoms with van der Waals surface area (Å²) >= 11 is 0. The van der Waals surface area contributed by atoms with Crippen molar-refractivity contribution < 1.29 is 4.79 Å². The summed E-state index contributed by atoms with van der Waals surface area (Å²) in [6, 6.07) is 12.4. The zero-order valence-corrected chi connectivity index (χ0v) is 11.9. The minimum atomic E-state index is -0.0172. The van der Waals surface area contributed by atoms with Crippen molar-refractivity contribution in [1.82, 2.24) is 10.3 Å². The molecule has 1 N–H and O–H groups in total. The standard InChI is InChI=1S/C18H18N2O/c21-17(14-5-3-9-19-11-14)20-12-15-10-18(15)8-7-13-4-1-2-6-16(13)18/h1-6,9,11,15H,7-8,10,12H2,(H,20,21)/t15-,18-/m0/s1. The number of nitrogens with zero attached hydrogens (tertiary/aromatic N) is 1. The van der Waals surface area contributed by atoms with Gasteiger partial charge in [-0.25, -0.2) is 0 Å². The van der Waals surface area contributed by atoms with Crippen molar-refractivity contribution >= 4 is 5.91 Å². The highest BCUT2D eigenvalue weighted by atomic mass is 16.1. The van der Waals surface area contributed by atoms with Crippen LogP contribution in [0.15, 0.2) is 48.8 Å². The molecule has 3 heteroatoms. The fraction of sp³-hybridized carbons (Fsp3) is 0.333. The van der Waals surface area contributed by atoms with E-state index in [9.17, 15) is 4.79 Å². The molecule has 0 aliphatic heterocycles. The molecule has 0 saturated heterocycles. The maximum absolute atomic E-state index is 12.1. The zero-order valence-electron chi connectivity index (χ0n) is 11.9. The largest absolute Gasteiger partial charge is 0.352 e. The Morgan fingerprint density at radius 1 is 1.29 bits per heavy atom. The van der Waals surface area contributed by atoms with Gasteiger partial charge in [-0.1, -0.05) is 24.3 Å². The van der Waals surface area contributed by atoms with Crippen LogP contribution in [0.5, 0.6) is 0 Å². The van der Waals surface area contributed by atoms with Crippen molar-refractivity contribution in [2.45, 2.75) is 24.7 Å². The first kappa shape index (κ1) is 12.6. The molecule has 1 aromatic carbocycles. The van der Waals surface area contributed by atoms with Gasteiger partial charge in [0.2, 0.25) is 0 Å². The molecule has 1 saturated carbocycles. The number of carbonyl (C=O) groups is 1. The fourth-order valence-corrected chi connectivity index (χ4v) is 3.82. The number of benzene rings is 1. The molecule has 1 heterocycles. The van der Waals surface area contributed by atoms with Crippen molar-refractivity contribution in [3.05, 3.63) is 65.5 Å². The summed E-state index contributed by atoms with van der Waals surface area (Å²) in [6.45, 7) is 0.766. The highest BCUT2D eigenvalue weighted by Gasteiger charge is 2.57. The SMILES string of the molecule is O=C(NC[C@@H]1C[C@@]12CCc1ccccc12)c1cccnc1. The van der Waals surface area contributed by atoms with Crippen LogP contribution in [0.4, 0.5) is 0 Å². The monoisotopic (exact) mass is 278 g/mol. The van der Waals surface area contributed by atoms with Gasteiger partial charge in [-0.05, 0) is 48.4 Å². The number of hydrogen-bond donors (Lipinski definition) is 1. The van der Waals surface area contributed by atoms with Gasteiger partial charge in [0.05, 0.1) is 5.56 Å². The van der Waals surface area contributed by atoms with Crippen LogP contribution in [0.2, 0.25) is 0 Å². The molecule has 2 atom stereocenters. The number of pyridine rings is 1. The summed E-state index contributed by atoms with van der Waals surface area (Å²) in [5.41, 5.74) is 4.00. The Balaban J connectivity index is 1.42. The van der Waals surface area contributed by atoms with Crippen molar-refractivity contribution in [2.24, 2.45) is 5.92 Å². The molecule has 2 aliphatic carbocycles. The highest BCUT2D eigenvalue weighted by molar-refractivity contribution is 5.93. The Morgan fingerprint density at radius 2 is 2.19 bits per heavy atom. The lowest BCUT2D eigenvalue weighted by atomic mass is 9.95. The Morgan fingerprint density at radius 3 is 3.05 bits per heavy atom. The second kappa shape index (κ2) is 4.69. The Hall–Kier alpha value is -2.16. The molecule has 0 radical (unpaired) electrons. The molecular weight excluding hydrogens is 260 g/mol. The van der Waals surface area contributed by atoms with Crippen LogP contribution in [-0.2, 0) is 11.8 Å². The maximum atomic E-state index is 12.1. The Bertz CT molecular complexity index is 683. The molecule has 0 bridgehead atoms. The van der Waals surface area contributed by atoms with E-state index in [1.807, 2.05) is 0 Å². The smallest absolute Gasteiger partial charge is 0.252 e. The van der Waals surface area contributed by atoms with Crippen molar-refractivity contribution in [2.75, 3.05) is 6.54 Å². The summed E-state index contributed by atoms with van der Waals surface area (Å²) in [6.07, 6.45) is 6.92. The van der Waals surface area contributed by atoms with E-state index in [2.05, 4.69) is 34.6 Å². The van der Waals surface area contributed by atoms with Crippen LogP contribution in [-0.4, -0.2) is 17.4 Å². The third-order valence-corrected chi connectivity index (χ3v) is 5.06. The molecule has 2 aromatic rings. The van der Waals surface area contributed by atoms with E-state index < -0.39 is 0 Å². The van der Waals surface area contributed by atoms with Crippen molar-refractivity contribution in [3.8, 4) is 0 Å². The number of nitrogens with one attached hydrogen (secondary N) is 1. The Labute approximate surface area is 124 Å². The van der Waals surface area contributed by atoms with Gasteiger partial charge in [0, 0.05) is 24.4 Å². The van der Waals surface area contributed by atoms with Crippen LogP contribution in [0.1, 0.15) is 34.3 Å². The number of hydrogen-bond acceptors (Lipinski definition) is 2. The average molecular weight is 278 g/mol. The molecule has 0 unspecified atom stereocenters. The quantitative estimate of drug-likeness (QED) is 0.938. The predicted molar refractivity (Wildman–Crippen MR) is 81.1 cm³/mol. The molecule has 4 rings (SSSR count). The van der Waals surface area contributed by atoms with Crippen LogP contribution in [0, 0.1) is 5.92 Å². The Kier molecular flexibility index (Phi) is 2.81. The van der Waals surface area contributed by atoms with E-state index >= 15 is 0 Å². The number of fused-ring (bicyclic) bond motifs is 2. The van der Waals surface area contributed by atoms with Crippen molar-refractivity contribution in [1.29, 1.82) is 0 Å². The minimum Gasteiger partial charge on any atom is -0.352 e. The number of carbonyl (C=O) groups excluding carboxylic acids is 1. The molecule has 1 amide bonds. The summed E-state index contributed by atoms with van der Waals surface area (Å²) in [5.74, 6) is 0.568. The van der Waals surface area contributed by atoms with Crippen molar-refractivity contribution in [3.63, 3.8) is 0 Å². The van der Waals surface area contributed by atoms with E-state index in [0.717, 1.165) is 6.54 Å². The number of aryl methyl sites for hydroxylation is 1. The lowest BCUT2D eigenvalue weighted by molar-refractivity contribution is 0.0950. The average Bonchev–Trinajstić information content (AvgIpc) is 3.13. The van der Waals surface area contributed by atoms with Crippen LogP contribution in [0.3, 0.4) is 0 Å². The van der Waals surface area contributed by atoms with E-state index in [-0.39, 0.29) is 5.91 Å². The first-order valence-corrected chi connectivity index (χ1v) is 7.56. The lowest BCUT2D eigenvalue weighted by Crippen LogP contribution is -2.27. The normalized spacial score (nSPS) is 25.6. The fourth-order valence-electron chi connectivity index (χ4n) is 3.82. The molecule has 2 aliphatic rings. The third kappa shape index (κ3) is 2.04. The third-order valence-electron chi connectivity index (χ3n) is 5.06. The van der Waals surface area contributed by atoms with Gasteiger partial charge < -0.3 is 5.32 Å². The van der Waals surface area contributed by atoms with Gasteiger partial charge in [-0.2, -0.15) is 0 Å². The first-order chi connectivity index (χ1) is 10.3. The van der Waals surface area contributed by atoms with Gasteiger partial charge in [0.15, 0.2) is 0 Å². The van der Waals surface area contributed by atoms with Gasteiger partial charge in [0.1, 0.15) is 0 Å². The van der Waals surface area contributed by atoms with Crippen LogP contribution < -0.4 is 5.32 Å². The molecule has 1 fully saturated rings. The summed E-state index contributed by atoms with van der Waals surface area (Å²) in [5, 5.41) is 3.06. The lowest BCUT2D eigenvalue weighted by Gasteiger charge is -2.12. The zero-order chi connectivity index (χ0) is 14.3. The number of aromatic nitrogens is 1. The molecule has 21 heavy (non-hydrogen) atoms. The van der Waals surface area contributed by atoms with Gasteiger partial charge >= 0.3 is 0 Å². The maximum Gasteiger partial charge on any atom is 0.252 e. The van der Waals surface area contributed by atoms with Crippen LogP contribution in [0.25, 0.3) is 0 Å².